The van der Waals surface area contributed by atoms with Gasteiger partial charge in [0.05, 0.1) is 5.69 Å². The van der Waals surface area contributed by atoms with Gasteiger partial charge in [0.1, 0.15) is 11.4 Å². The molecule has 0 saturated heterocycles. The number of amides is 1. The number of anilines is 2. The Morgan fingerprint density at radius 2 is 2.16 bits per heavy atom. The number of pyridine rings is 1. The lowest BCUT2D eigenvalue weighted by Crippen LogP contribution is -2.33. The van der Waals surface area contributed by atoms with Crippen LogP contribution in [0.1, 0.15) is 27.2 Å². The van der Waals surface area contributed by atoms with Crippen LogP contribution in [0.4, 0.5) is 16.3 Å². The van der Waals surface area contributed by atoms with E-state index in [1.165, 1.54) is 0 Å². The normalized spacial score (nSPS) is 10.9. The Morgan fingerprint density at radius 3 is 2.79 bits per heavy atom. The van der Waals surface area contributed by atoms with Gasteiger partial charge in [-0.3, -0.25) is 0 Å². The molecular weight excluding hydrogens is 244 g/mol. The monoisotopic (exact) mass is 266 g/mol. The van der Waals surface area contributed by atoms with E-state index in [4.69, 9.17) is 10.5 Å². The minimum atomic E-state index is -0.466. The van der Waals surface area contributed by atoms with E-state index in [-0.39, 0.29) is 0 Å². The number of nitrogen functional groups attached to an aromatic ring is 1. The molecule has 0 aliphatic heterocycles. The van der Waals surface area contributed by atoms with Crippen molar-refractivity contribution in [3.8, 4) is 0 Å². The number of hydrogen-bond acceptors (Lipinski definition) is 5. The number of nitrogens with two attached hydrogens (primary N) is 1. The van der Waals surface area contributed by atoms with Crippen LogP contribution in [0, 0.1) is 0 Å². The number of carbonyl (C=O) groups excluding carboxylic acids is 1. The Bertz CT molecular complexity index is 415. The summed E-state index contributed by atoms with van der Waals surface area (Å²) in [4.78, 5) is 15.3. The predicted octanol–water partition coefficient (Wildman–Crippen LogP) is 1.99. The van der Waals surface area contributed by atoms with Crippen LogP contribution in [0.25, 0.3) is 0 Å². The van der Waals surface area contributed by atoms with Crippen LogP contribution >= 0.6 is 0 Å². The van der Waals surface area contributed by atoms with Gasteiger partial charge in [0.2, 0.25) is 0 Å². The van der Waals surface area contributed by atoms with Crippen LogP contribution in [0.3, 0.4) is 0 Å². The lowest BCUT2D eigenvalue weighted by atomic mass is 10.2. The van der Waals surface area contributed by atoms with Gasteiger partial charge in [0, 0.05) is 19.3 Å². The third-order valence-corrected chi connectivity index (χ3v) is 2.18. The van der Waals surface area contributed by atoms with Crippen molar-refractivity contribution < 1.29 is 9.53 Å². The number of aromatic nitrogens is 1. The summed E-state index contributed by atoms with van der Waals surface area (Å²) in [5.41, 5.74) is 6.03. The molecule has 0 saturated carbocycles. The third kappa shape index (κ3) is 6.49. The van der Waals surface area contributed by atoms with E-state index in [1.54, 1.807) is 6.20 Å². The lowest BCUT2D eigenvalue weighted by Gasteiger charge is -2.19. The van der Waals surface area contributed by atoms with Crippen LogP contribution < -0.4 is 16.4 Å². The molecule has 6 nitrogen and oxygen atoms in total. The Balaban J connectivity index is 2.15. The number of ether oxygens (including phenoxy) is 1. The van der Waals surface area contributed by atoms with Gasteiger partial charge in [-0.1, -0.05) is 0 Å². The maximum absolute atomic E-state index is 11.4. The second-order valence-electron chi connectivity index (χ2n) is 5.15. The summed E-state index contributed by atoms with van der Waals surface area (Å²) in [5, 5.41) is 5.85. The van der Waals surface area contributed by atoms with Crippen LogP contribution in [-0.4, -0.2) is 29.8 Å². The molecule has 106 valence electrons. The van der Waals surface area contributed by atoms with Crippen LogP contribution in [0.5, 0.6) is 0 Å². The molecule has 0 aromatic carbocycles. The summed E-state index contributed by atoms with van der Waals surface area (Å²) < 4.78 is 5.12. The minimum absolute atomic E-state index is 0.395. The molecule has 1 aromatic heterocycles. The number of alkyl carbamates (subject to hydrolysis) is 1. The van der Waals surface area contributed by atoms with Crippen molar-refractivity contribution in [3.05, 3.63) is 18.3 Å². The number of hydrogen-bond donors (Lipinski definition) is 3. The second-order valence-corrected chi connectivity index (χ2v) is 5.15. The van der Waals surface area contributed by atoms with Crippen molar-refractivity contribution in [2.45, 2.75) is 32.8 Å². The Kier molecular flexibility index (Phi) is 5.41. The Morgan fingerprint density at radius 1 is 1.42 bits per heavy atom. The molecule has 1 heterocycles. The highest BCUT2D eigenvalue weighted by atomic mass is 16.6. The number of rotatable bonds is 5. The summed E-state index contributed by atoms with van der Waals surface area (Å²) in [5.74, 6) is 0.475. The van der Waals surface area contributed by atoms with Gasteiger partial charge in [-0.25, -0.2) is 9.78 Å². The van der Waals surface area contributed by atoms with E-state index in [0.29, 0.717) is 18.9 Å². The summed E-state index contributed by atoms with van der Waals surface area (Å²) in [6.07, 6.45) is 2.02. The van der Waals surface area contributed by atoms with E-state index in [1.807, 2.05) is 32.9 Å². The van der Waals surface area contributed by atoms with E-state index in [9.17, 15) is 4.79 Å². The SMILES string of the molecule is CC(C)(C)OC(=O)NCCCNc1cccnc1N. The number of carbonyl (C=O) groups is 1. The molecule has 0 unspecified atom stereocenters. The number of nitrogens with one attached hydrogen (secondary N) is 2. The average molecular weight is 266 g/mol. The van der Waals surface area contributed by atoms with E-state index >= 15 is 0 Å². The standard InChI is InChI=1S/C13H22N4O2/c1-13(2,3)19-12(18)17-9-5-8-15-10-6-4-7-16-11(10)14/h4,6-7,15H,5,8-9H2,1-3H3,(H2,14,16)(H,17,18). The maximum atomic E-state index is 11.4. The molecule has 4 N–H and O–H groups in total. The van der Waals surface area contributed by atoms with Gasteiger partial charge in [0.25, 0.3) is 0 Å². The summed E-state index contributed by atoms with van der Waals surface area (Å²) in [6.45, 7) is 6.74. The molecule has 0 bridgehead atoms. The zero-order chi connectivity index (χ0) is 14.3. The molecule has 1 amide bonds. The quantitative estimate of drug-likeness (QED) is 0.709. The van der Waals surface area contributed by atoms with Gasteiger partial charge in [-0.15, -0.1) is 0 Å². The highest BCUT2D eigenvalue weighted by molar-refractivity contribution is 5.67. The average Bonchev–Trinajstić information content (AvgIpc) is 2.28. The molecule has 6 heteroatoms. The third-order valence-electron chi connectivity index (χ3n) is 2.18. The Labute approximate surface area is 113 Å². The topological polar surface area (TPSA) is 89.3 Å². The molecule has 1 aromatic rings. The molecule has 0 spiro atoms. The van der Waals surface area contributed by atoms with Gasteiger partial charge < -0.3 is 21.1 Å². The zero-order valence-electron chi connectivity index (χ0n) is 11.7. The van der Waals surface area contributed by atoms with Gasteiger partial charge >= 0.3 is 6.09 Å². The molecule has 19 heavy (non-hydrogen) atoms. The second kappa shape index (κ2) is 6.82. The smallest absolute Gasteiger partial charge is 0.407 e. The van der Waals surface area contributed by atoms with Gasteiger partial charge in [-0.05, 0) is 39.3 Å². The summed E-state index contributed by atoms with van der Waals surface area (Å²) in [7, 11) is 0. The maximum Gasteiger partial charge on any atom is 0.407 e. The van der Waals surface area contributed by atoms with Crippen molar-refractivity contribution in [2.24, 2.45) is 0 Å². The highest BCUT2D eigenvalue weighted by Crippen LogP contribution is 2.12. The van der Waals surface area contributed by atoms with E-state index in [2.05, 4.69) is 15.6 Å². The first-order valence-corrected chi connectivity index (χ1v) is 6.30. The Hall–Kier alpha value is -1.98. The zero-order valence-corrected chi connectivity index (χ0v) is 11.7. The fourth-order valence-corrected chi connectivity index (χ4v) is 1.38. The van der Waals surface area contributed by atoms with E-state index < -0.39 is 11.7 Å². The van der Waals surface area contributed by atoms with Crippen molar-refractivity contribution in [3.63, 3.8) is 0 Å². The van der Waals surface area contributed by atoms with Crippen LogP contribution in [0.15, 0.2) is 18.3 Å². The molecule has 0 radical (unpaired) electrons. The highest BCUT2D eigenvalue weighted by Gasteiger charge is 2.15. The van der Waals surface area contributed by atoms with Crippen molar-refractivity contribution in [2.75, 3.05) is 24.1 Å². The predicted molar refractivity (Wildman–Crippen MR) is 76.0 cm³/mol. The lowest BCUT2D eigenvalue weighted by molar-refractivity contribution is 0.0528. The van der Waals surface area contributed by atoms with Crippen molar-refractivity contribution in [1.29, 1.82) is 0 Å². The van der Waals surface area contributed by atoms with E-state index in [0.717, 1.165) is 12.1 Å². The molecule has 1 rings (SSSR count). The molecule has 0 atom stereocenters. The molecule has 0 aliphatic rings. The summed E-state index contributed by atoms with van der Waals surface area (Å²) >= 11 is 0. The molecular formula is C13H22N4O2. The van der Waals surface area contributed by atoms with Crippen LogP contribution in [0.2, 0.25) is 0 Å². The first-order valence-electron chi connectivity index (χ1n) is 6.30. The first-order chi connectivity index (χ1) is 8.88. The van der Waals surface area contributed by atoms with Crippen LogP contribution in [-0.2, 0) is 4.74 Å². The molecule has 0 fully saturated rings. The largest absolute Gasteiger partial charge is 0.444 e. The summed E-state index contributed by atoms with van der Waals surface area (Å²) in [6, 6.07) is 3.68. The fourth-order valence-electron chi connectivity index (χ4n) is 1.38. The van der Waals surface area contributed by atoms with Crippen molar-refractivity contribution in [1.82, 2.24) is 10.3 Å². The molecule has 0 aliphatic carbocycles. The number of nitrogens with zero attached hydrogens (tertiary/aromatic N) is 1. The van der Waals surface area contributed by atoms with Gasteiger partial charge in [0.15, 0.2) is 0 Å². The first kappa shape index (κ1) is 15.1. The van der Waals surface area contributed by atoms with Gasteiger partial charge in [-0.2, -0.15) is 0 Å². The minimum Gasteiger partial charge on any atom is -0.444 e. The fraction of sp³-hybridized carbons (Fsp3) is 0.538. The van der Waals surface area contributed by atoms with Crippen molar-refractivity contribution >= 4 is 17.6 Å².